The summed E-state index contributed by atoms with van der Waals surface area (Å²) in [6.07, 6.45) is 1.19. The first-order valence-corrected chi connectivity index (χ1v) is 6.94. The van der Waals surface area contributed by atoms with Gasteiger partial charge in [0.25, 0.3) is 5.91 Å². The maximum atomic E-state index is 12.5. The molecule has 2 rings (SSSR count). The lowest BCUT2D eigenvalue weighted by Gasteiger charge is -2.11. The lowest BCUT2D eigenvalue weighted by Crippen LogP contribution is -2.18. The molecule has 0 saturated heterocycles. The number of rotatable bonds is 6. The Hall–Kier alpha value is -2.90. The minimum atomic E-state index is -3.01. The second-order valence-electron chi connectivity index (χ2n) is 4.78. The number of hydrogen-bond acceptors (Lipinski definition) is 5. The molecular formula is C16H16F2N2O4. The smallest absolute Gasteiger partial charge is 0.387 e. The van der Waals surface area contributed by atoms with Crippen LogP contribution >= 0.6 is 0 Å². The molecular weight excluding hydrogens is 322 g/mol. The quantitative estimate of drug-likeness (QED) is 0.648. The Balaban J connectivity index is 2.17. The fraction of sp³-hybridized carbons (Fsp3) is 0.250. The van der Waals surface area contributed by atoms with Gasteiger partial charge >= 0.3 is 6.61 Å². The van der Waals surface area contributed by atoms with Gasteiger partial charge in [-0.05, 0) is 32.0 Å². The van der Waals surface area contributed by atoms with Crippen LogP contribution in [0, 0.1) is 13.8 Å². The van der Waals surface area contributed by atoms with E-state index in [0.717, 1.165) is 0 Å². The van der Waals surface area contributed by atoms with E-state index in [2.05, 4.69) is 15.3 Å². The van der Waals surface area contributed by atoms with Crippen LogP contribution in [0.4, 0.5) is 8.78 Å². The highest BCUT2D eigenvalue weighted by molar-refractivity contribution is 5.96. The predicted molar refractivity (Wildman–Crippen MR) is 82.9 cm³/mol. The molecule has 1 amide bonds. The summed E-state index contributed by atoms with van der Waals surface area (Å²) in [6, 6.07) is 6.15. The number of amides is 1. The largest absolute Gasteiger partial charge is 0.493 e. The molecule has 1 heterocycles. The maximum absolute atomic E-state index is 12.5. The van der Waals surface area contributed by atoms with E-state index < -0.39 is 12.5 Å². The molecule has 0 bridgehead atoms. The van der Waals surface area contributed by atoms with Crippen LogP contribution in [0.15, 0.2) is 33.8 Å². The van der Waals surface area contributed by atoms with Crippen LogP contribution in [-0.4, -0.2) is 25.8 Å². The first-order valence-electron chi connectivity index (χ1n) is 6.94. The summed E-state index contributed by atoms with van der Waals surface area (Å²) in [7, 11) is 1.33. The lowest BCUT2D eigenvalue weighted by atomic mass is 10.2. The van der Waals surface area contributed by atoms with E-state index in [0.29, 0.717) is 17.1 Å². The number of alkyl halides is 2. The van der Waals surface area contributed by atoms with Crippen LogP contribution in [0.3, 0.4) is 0 Å². The topological polar surface area (TPSA) is 73.1 Å². The van der Waals surface area contributed by atoms with Gasteiger partial charge in [0.1, 0.15) is 11.5 Å². The van der Waals surface area contributed by atoms with Crippen LogP contribution < -0.4 is 14.9 Å². The Morgan fingerprint density at radius 3 is 2.71 bits per heavy atom. The molecule has 0 radical (unpaired) electrons. The summed E-state index contributed by atoms with van der Waals surface area (Å²) >= 11 is 0. The summed E-state index contributed by atoms with van der Waals surface area (Å²) in [5, 5.41) is 3.76. The average molecular weight is 338 g/mol. The Morgan fingerprint density at radius 1 is 1.38 bits per heavy atom. The summed E-state index contributed by atoms with van der Waals surface area (Å²) in [6.45, 7) is 0.360. The van der Waals surface area contributed by atoms with Gasteiger partial charge in [0.15, 0.2) is 11.5 Å². The van der Waals surface area contributed by atoms with E-state index in [-0.39, 0.29) is 17.1 Å². The second-order valence-corrected chi connectivity index (χ2v) is 4.78. The van der Waals surface area contributed by atoms with Gasteiger partial charge in [-0.2, -0.15) is 13.9 Å². The third-order valence-corrected chi connectivity index (χ3v) is 3.09. The molecule has 1 aromatic heterocycles. The fourth-order valence-electron chi connectivity index (χ4n) is 2.09. The molecule has 0 fully saturated rings. The highest BCUT2D eigenvalue weighted by Crippen LogP contribution is 2.31. The number of ether oxygens (including phenoxy) is 2. The van der Waals surface area contributed by atoms with Gasteiger partial charge in [0.05, 0.1) is 18.9 Å². The summed E-state index contributed by atoms with van der Waals surface area (Å²) in [4.78, 5) is 12.0. The summed E-state index contributed by atoms with van der Waals surface area (Å²) in [5.41, 5.74) is 2.88. The van der Waals surface area contributed by atoms with Crippen LogP contribution in [0.1, 0.15) is 27.4 Å². The standard InChI is InChI=1S/C16H16F2N2O4/c1-9-7-12(10(2)23-9)15(21)20-19-8-11-5-4-6-13(22-3)14(11)24-16(17)18/h4-8,16H,1-3H3,(H,20,21)/b19-8-. The number of hydrogen-bond donors (Lipinski definition) is 1. The van der Waals surface area contributed by atoms with Crippen LogP contribution in [0.2, 0.25) is 0 Å². The highest BCUT2D eigenvalue weighted by atomic mass is 19.3. The van der Waals surface area contributed by atoms with Crippen molar-refractivity contribution in [2.45, 2.75) is 20.5 Å². The molecule has 0 saturated carbocycles. The van der Waals surface area contributed by atoms with Crippen molar-refractivity contribution in [3.05, 3.63) is 46.9 Å². The molecule has 1 aromatic carbocycles. The van der Waals surface area contributed by atoms with Crippen molar-refractivity contribution in [3.63, 3.8) is 0 Å². The molecule has 0 spiro atoms. The van der Waals surface area contributed by atoms with Crippen molar-refractivity contribution < 1.29 is 27.5 Å². The van der Waals surface area contributed by atoms with E-state index >= 15 is 0 Å². The Labute approximate surface area is 137 Å². The molecule has 0 aliphatic carbocycles. The van der Waals surface area contributed by atoms with Crippen molar-refractivity contribution in [2.75, 3.05) is 7.11 Å². The number of furan rings is 1. The maximum Gasteiger partial charge on any atom is 0.387 e. The molecule has 0 aliphatic heterocycles. The molecule has 0 aliphatic rings. The minimum absolute atomic E-state index is 0.131. The van der Waals surface area contributed by atoms with Gasteiger partial charge in [-0.1, -0.05) is 6.07 Å². The highest BCUT2D eigenvalue weighted by Gasteiger charge is 2.15. The molecule has 8 heteroatoms. The van der Waals surface area contributed by atoms with Crippen LogP contribution in [-0.2, 0) is 0 Å². The van der Waals surface area contributed by atoms with Crippen molar-refractivity contribution in [2.24, 2.45) is 5.10 Å². The SMILES string of the molecule is COc1cccc(/C=N\NC(=O)c2cc(C)oc2C)c1OC(F)F. The van der Waals surface area contributed by atoms with Gasteiger partial charge in [0, 0.05) is 5.56 Å². The number of nitrogens with one attached hydrogen (secondary N) is 1. The number of nitrogens with zero attached hydrogens (tertiary/aromatic N) is 1. The van der Waals surface area contributed by atoms with Gasteiger partial charge in [-0.3, -0.25) is 4.79 Å². The Kier molecular flexibility index (Phi) is 5.51. The fourth-order valence-corrected chi connectivity index (χ4v) is 2.09. The molecule has 128 valence electrons. The van der Waals surface area contributed by atoms with Gasteiger partial charge < -0.3 is 13.9 Å². The molecule has 24 heavy (non-hydrogen) atoms. The minimum Gasteiger partial charge on any atom is -0.493 e. The van der Waals surface area contributed by atoms with Crippen molar-refractivity contribution in [1.82, 2.24) is 5.43 Å². The van der Waals surface area contributed by atoms with Crippen molar-refractivity contribution >= 4 is 12.1 Å². The average Bonchev–Trinajstić information content (AvgIpc) is 2.86. The number of hydrazone groups is 1. The van der Waals surface area contributed by atoms with E-state index in [9.17, 15) is 13.6 Å². The Morgan fingerprint density at radius 2 is 2.12 bits per heavy atom. The van der Waals surface area contributed by atoms with Crippen LogP contribution in [0.5, 0.6) is 11.5 Å². The van der Waals surface area contributed by atoms with Gasteiger partial charge in [0.2, 0.25) is 0 Å². The third kappa shape index (κ3) is 4.09. The predicted octanol–water partition coefficient (Wildman–Crippen LogP) is 3.27. The van der Waals surface area contributed by atoms with Crippen LogP contribution in [0.25, 0.3) is 0 Å². The number of para-hydroxylation sites is 1. The number of halogens is 2. The van der Waals surface area contributed by atoms with Gasteiger partial charge in [-0.15, -0.1) is 0 Å². The van der Waals surface area contributed by atoms with E-state index in [4.69, 9.17) is 9.15 Å². The van der Waals surface area contributed by atoms with E-state index in [1.54, 1.807) is 26.0 Å². The van der Waals surface area contributed by atoms with Crippen molar-refractivity contribution in [1.29, 1.82) is 0 Å². The number of benzene rings is 1. The number of methoxy groups -OCH3 is 1. The van der Waals surface area contributed by atoms with Crippen molar-refractivity contribution in [3.8, 4) is 11.5 Å². The van der Waals surface area contributed by atoms with E-state index in [1.165, 1.54) is 25.5 Å². The molecule has 0 atom stereocenters. The third-order valence-electron chi connectivity index (χ3n) is 3.09. The molecule has 0 unspecified atom stereocenters. The molecule has 2 aromatic rings. The first kappa shape index (κ1) is 17.5. The number of aryl methyl sites for hydroxylation is 2. The first-order chi connectivity index (χ1) is 11.4. The summed E-state index contributed by atoms with van der Waals surface area (Å²) < 4.78 is 39.8. The zero-order valence-electron chi connectivity index (χ0n) is 13.3. The summed E-state index contributed by atoms with van der Waals surface area (Å²) in [5.74, 6) is 0.556. The monoisotopic (exact) mass is 338 g/mol. The zero-order valence-corrected chi connectivity index (χ0v) is 13.3. The second kappa shape index (κ2) is 7.58. The normalized spacial score (nSPS) is 11.1. The number of carbonyl (C=O) groups excluding carboxylic acids is 1. The Bertz CT molecular complexity index is 757. The molecule has 1 N–H and O–H groups in total. The van der Waals surface area contributed by atoms with Gasteiger partial charge in [-0.25, -0.2) is 5.43 Å². The number of carbonyl (C=O) groups is 1. The van der Waals surface area contributed by atoms with E-state index in [1.807, 2.05) is 0 Å². The zero-order chi connectivity index (χ0) is 17.7. The molecule has 6 nitrogen and oxygen atoms in total. The lowest BCUT2D eigenvalue weighted by molar-refractivity contribution is -0.0513.